The molecule has 2 aliphatic heterocycles. The second kappa shape index (κ2) is 7.65. The highest BCUT2D eigenvalue weighted by Crippen LogP contribution is 2.54. The SMILES string of the molecule is COc1ccc(C(C)(C)C)cc1NC(=O)[C@@H]1CS[C@@]2(c3ccccc3)CCC(=O)N12. The molecule has 0 spiro atoms. The molecule has 2 atom stereocenters. The summed E-state index contributed by atoms with van der Waals surface area (Å²) in [6.07, 6.45) is 1.20. The lowest BCUT2D eigenvalue weighted by atomic mass is 9.87. The Morgan fingerprint density at radius 2 is 1.93 bits per heavy atom. The van der Waals surface area contributed by atoms with Crippen molar-refractivity contribution < 1.29 is 14.3 Å². The van der Waals surface area contributed by atoms with Crippen molar-refractivity contribution in [2.24, 2.45) is 0 Å². The van der Waals surface area contributed by atoms with Crippen LogP contribution in [-0.2, 0) is 19.9 Å². The predicted molar refractivity (Wildman–Crippen MR) is 121 cm³/mol. The summed E-state index contributed by atoms with van der Waals surface area (Å²) >= 11 is 1.69. The monoisotopic (exact) mass is 424 g/mol. The topological polar surface area (TPSA) is 58.6 Å². The first-order valence-electron chi connectivity index (χ1n) is 10.3. The summed E-state index contributed by atoms with van der Waals surface area (Å²) in [4.78, 5) is 27.5. The molecule has 2 saturated heterocycles. The minimum absolute atomic E-state index is 0.0411. The van der Waals surface area contributed by atoms with Gasteiger partial charge in [0.05, 0.1) is 12.8 Å². The van der Waals surface area contributed by atoms with Crippen molar-refractivity contribution in [2.75, 3.05) is 18.2 Å². The van der Waals surface area contributed by atoms with Gasteiger partial charge in [-0.2, -0.15) is 0 Å². The molecular weight excluding hydrogens is 396 g/mol. The van der Waals surface area contributed by atoms with E-state index in [0.717, 1.165) is 17.5 Å². The van der Waals surface area contributed by atoms with E-state index in [0.29, 0.717) is 23.6 Å². The average Bonchev–Trinajstić information content (AvgIpc) is 3.27. The van der Waals surface area contributed by atoms with Crippen LogP contribution in [0.15, 0.2) is 48.5 Å². The third-order valence-corrected chi connectivity index (χ3v) is 7.57. The van der Waals surface area contributed by atoms with E-state index in [1.165, 1.54) is 0 Å². The Balaban J connectivity index is 1.63. The highest BCUT2D eigenvalue weighted by atomic mass is 32.2. The number of carbonyl (C=O) groups is 2. The molecule has 2 aliphatic rings. The number of nitrogens with one attached hydrogen (secondary N) is 1. The van der Waals surface area contributed by atoms with Crippen molar-refractivity contribution in [1.29, 1.82) is 0 Å². The highest BCUT2D eigenvalue weighted by Gasteiger charge is 2.56. The average molecular weight is 425 g/mol. The molecule has 2 aromatic rings. The van der Waals surface area contributed by atoms with Crippen LogP contribution in [0.25, 0.3) is 0 Å². The first kappa shape index (κ1) is 20.8. The van der Waals surface area contributed by atoms with Gasteiger partial charge in [0.15, 0.2) is 0 Å². The summed E-state index contributed by atoms with van der Waals surface area (Å²) in [5, 5.41) is 3.05. The number of rotatable bonds is 4. The third-order valence-electron chi connectivity index (χ3n) is 5.98. The summed E-state index contributed by atoms with van der Waals surface area (Å²) in [6, 6.07) is 15.4. The van der Waals surface area contributed by atoms with Crippen LogP contribution in [0.4, 0.5) is 5.69 Å². The van der Waals surface area contributed by atoms with Gasteiger partial charge in [-0.25, -0.2) is 0 Å². The van der Waals surface area contributed by atoms with E-state index in [4.69, 9.17) is 4.74 Å². The van der Waals surface area contributed by atoms with Gasteiger partial charge >= 0.3 is 0 Å². The number of anilines is 1. The molecule has 0 radical (unpaired) electrons. The quantitative estimate of drug-likeness (QED) is 0.784. The molecule has 0 aromatic heterocycles. The van der Waals surface area contributed by atoms with Gasteiger partial charge in [0.25, 0.3) is 0 Å². The first-order chi connectivity index (χ1) is 14.3. The fourth-order valence-electron chi connectivity index (χ4n) is 4.32. The van der Waals surface area contributed by atoms with Crippen LogP contribution < -0.4 is 10.1 Å². The van der Waals surface area contributed by atoms with Crippen LogP contribution in [-0.4, -0.2) is 35.6 Å². The summed E-state index contributed by atoms with van der Waals surface area (Å²) in [5.74, 6) is 1.07. The smallest absolute Gasteiger partial charge is 0.248 e. The van der Waals surface area contributed by atoms with Gasteiger partial charge in [0, 0.05) is 12.2 Å². The number of hydrogen-bond acceptors (Lipinski definition) is 4. The van der Waals surface area contributed by atoms with Crippen molar-refractivity contribution in [3.63, 3.8) is 0 Å². The van der Waals surface area contributed by atoms with E-state index in [2.05, 4.69) is 38.2 Å². The second-order valence-corrected chi connectivity index (χ2v) is 10.2. The molecule has 1 N–H and O–H groups in total. The number of fused-ring (bicyclic) bond motifs is 1. The van der Waals surface area contributed by atoms with Gasteiger partial charge < -0.3 is 15.0 Å². The van der Waals surface area contributed by atoms with E-state index in [1.54, 1.807) is 18.9 Å². The Kier molecular flexibility index (Phi) is 5.30. The Hall–Kier alpha value is -2.47. The molecule has 2 fully saturated rings. The molecule has 0 unspecified atom stereocenters. The number of amides is 2. The van der Waals surface area contributed by atoms with Crippen molar-refractivity contribution in [3.8, 4) is 5.75 Å². The van der Waals surface area contributed by atoms with Crippen LogP contribution in [0.3, 0.4) is 0 Å². The summed E-state index contributed by atoms with van der Waals surface area (Å²) in [5.41, 5.74) is 2.78. The molecule has 0 bridgehead atoms. The number of nitrogens with zero attached hydrogens (tertiary/aromatic N) is 1. The van der Waals surface area contributed by atoms with Crippen molar-refractivity contribution in [1.82, 2.24) is 4.90 Å². The van der Waals surface area contributed by atoms with Crippen LogP contribution >= 0.6 is 11.8 Å². The summed E-state index contributed by atoms with van der Waals surface area (Å²) in [7, 11) is 1.59. The summed E-state index contributed by atoms with van der Waals surface area (Å²) in [6.45, 7) is 6.39. The number of ether oxygens (including phenoxy) is 1. The first-order valence-corrected chi connectivity index (χ1v) is 11.3. The lowest BCUT2D eigenvalue weighted by Gasteiger charge is -2.34. The molecule has 0 aliphatic carbocycles. The van der Waals surface area contributed by atoms with Gasteiger partial charge in [0.2, 0.25) is 11.8 Å². The molecule has 0 saturated carbocycles. The predicted octanol–water partition coefficient (Wildman–Crippen LogP) is 4.52. The number of carbonyl (C=O) groups excluding carboxylic acids is 2. The number of benzene rings is 2. The van der Waals surface area contributed by atoms with E-state index < -0.39 is 10.9 Å². The van der Waals surface area contributed by atoms with Crippen molar-refractivity contribution >= 4 is 29.3 Å². The van der Waals surface area contributed by atoms with Gasteiger partial charge in [-0.05, 0) is 35.1 Å². The lowest BCUT2D eigenvalue weighted by molar-refractivity contribution is -0.136. The summed E-state index contributed by atoms with van der Waals surface area (Å²) < 4.78 is 5.47. The zero-order valence-corrected chi connectivity index (χ0v) is 18.7. The maximum absolute atomic E-state index is 13.3. The molecule has 30 heavy (non-hydrogen) atoms. The molecule has 2 aromatic carbocycles. The molecule has 158 valence electrons. The van der Waals surface area contributed by atoms with E-state index in [1.807, 2.05) is 41.3 Å². The molecule has 5 nitrogen and oxygen atoms in total. The van der Waals surface area contributed by atoms with Crippen LogP contribution in [0.5, 0.6) is 5.75 Å². The van der Waals surface area contributed by atoms with E-state index in [9.17, 15) is 9.59 Å². The molecule has 2 amide bonds. The standard InChI is InChI=1S/C24H28N2O3S/c1-23(2,3)17-10-11-20(29-4)18(14-17)25-22(28)19-15-30-24(13-12-21(27)26(19)24)16-8-6-5-7-9-16/h5-11,14,19H,12-13,15H2,1-4H3,(H,25,28)/t19-,24+/m0/s1. The Morgan fingerprint density at radius 3 is 2.60 bits per heavy atom. The lowest BCUT2D eigenvalue weighted by Crippen LogP contribution is -2.48. The normalized spacial score (nSPS) is 23.4. The maximum atomic E-state index is 13.3. The van der Waals surface area contributed by atoms with Crippen LogP contribution in [0.1, 0.15) is 44.7 Å². The number of methoxy groups -OCH3 is 1. The fraction of sp³-hybridized carbons (Fsp3) is 0.417. The fourth-order valence-corrected chi connectivity index (χ4v) is 5.98. The second-order valence-electron chi connectivity index (χ2n) is 8.90. The van der Waals surface area contributed by atoms with Crippen LogP contribution in [0, 0.1) is 0 Å². The van der Waals surface area contributed by atoms with Gasteiger partial charge in [-0.1, -0.05) is 57.2 Å². The molecular formula is C24H28N2O3S. The Labute approximate surface area is 182 Å². The highest BCUT2D eigenvalue weighted by molar-refractivity contribution is 8.00. The Morgan fingerprint density at radius 1 is 1.20 bits per heavy atom. The maximum Gasteiger partial charge on any atom is 0.248 e. The molecule has 2 heterocycles. The molecule has 6 heteroatoms. The molecule has 4 rings (SSSR count). The van der Waals surface area contributed by atoms with Gasteiger partial charge in [0.1, 0.15) is 16.7 Å². The number of thioether (sulfide) groups is 1. The Bertz CT molecular complexity index is 970. The van der Waals surface area contributed by atoms with Crippen LogP contribution in [0.2, 0.25) is 0 Å². The largest absolute Gasteiger partial charge is 0.495 e. The van der Waals surface area contributed by atoms with Crippen molar-refractivity contribution in [2.45, 2.75) is 49.9 Å². The van der Waals surface area contributed by atoms with Crippen molar-refractivity contribution in [3.05, 3.63) is 59.7 Å². The van der Waals surface area contributed by atoms with Gasteiger partial charge in [-0.15, -0.1) is 11.8 Å². The zero-order chi connectivity index (χ0) is 21.5. The third kappa shape index (κ3) is 3.47. The van der Waals surface area contributed by atoms with E-state index >= 15 is 0 Å². The number of hydrogen-bond donors (Lipinski definition) is 1. The van der Waals surface area contributed by atoms with E-state index in [-0.39, 0.29) is 17.2 Å². The minimum atomic E-state index is -0.506. The van der Waals surface area contributed by atoms with Gasteiger partial charge in [-0.3, -0.25) is 9.59 Å². The zero-order valence-electron chi connectivity index (χ0n) is 17.9. The minimum Gasteiger partial charge on any atom is -0.495 e.